The van der Waals surface area contributed by atoms with Gasteiger partial charge < -0.3 is 38.4 Å². The molecule has 0 saturated heterocycles. The Kier molecular flexibility index (Phi) is 23.3. The van der Waals surface area contributed by atoms with Crippen LogP contribution in [0.4, 0.5) is 26.3 Å². The molecular weight excluding hydrogens is 1470 g/mol. The Morgan fingerprint density at radius 3 is 1.39 bits per heavy atom. The maximum absolute atomic E-state index is 12.8. The summed E-state index contributed by atoms with van der Waals surface area (Å²) in [6, 6.07) is 20.1. The monoisotopic (exact) mass is 1540 g/mol. The van der Waals surface area contributed by atoms with Crippen LogP contribution in [0, 0.1) is 72.0 Å². The number of nitrogens with one attached hydrogen (secondary N) is 1. The molecular formula is C68H67B2BrClF6N15O8S2. The fourth-order valence-corrected chi connectivity index (χ4v) is 15.4. The summed E-state index contributed by atoms with van der Waals surface area (Å²) in [7, 11) is -11.7. The minimum absolute atomic E-state index is 0.0767. The number of nitriles is 4. The van der Waals surface area contributed by atoms with Crippen molar-refractivity contribution in [2.75, 3.05) is 5.75 Å². The molecule has 536 valence electrons. The highest BCUT2D eigenvalue weighted by Crippen LogP contribution is 2.43. The smallest absolute Gasteiger partial charge is 0.422 e. The number of alkyl halides is 6. The van der Waals surface area contributed by atoms with Crippen molar-refractivity contribution in [1.82, 2.24) is 52.9 Å². The van der Waals surface area contributed by atoms with Crippen molar-refractivity contribution >= 4 is 117 Å². The maximum Gasteiger partial charge on any atom is 0.507 e. The second kappa shape index (κ2) is 31.3. The predicted octanol–water partition coefficient (Wildman–Crippen LogP) is 11.6. The minimum Gasteiger partial charge on any atom is -0.422 e. The number of nitrogens with zero attached hydrogens (tertiary/aromatic N) is 14. The van der Waals surface area contributed by atoms with E-state index in [4.69, 9.17) is 16.9 Å². The van der Waals surface area contributed by atoms with Crippen LogP contribution in [0.15, 0.2) is 106 Å². The van der Waals surface area contributed by atoms with Crippen LogP contribution in [0.2, 0.25) is 5.15 Å². The van der Waals surface area contributed by atoms with Gasteiger partial charge in [-0.3, -0.25) is 4.98 Å². The first kappa shape index (κ1) is 76.8. The van der Waals surface area contributed by atoms with Crippen LogP contribution >= 0.6 is 27.5 Å². The number of hydrogen-bond acceptors (Lipinski definition) is 18. The van der Waals surface area contributed by atoms with Gasteiger partial charge in [0.2, 0.25) is 10.0 Å². The molecule has 4 aliphatic rings. The third-order valence-electron chi connectivity index (χ3n) is 18.6. The van der Waals surface area contributed by atoms with E-state index in [2.05, 4.69) is 74.7 Å². The standard InChI is InChI=1S/C21H20F3N5O2S.2C13H14BN3O2.C12H10BrN3.C9H9ClF3NO2S/c1-12-8-16-17(9-25)19(29(14-4-3-5-14)20(16)27-10-12)18-7-6-15(11-26-18)32(30,31)28-13(2)21(22,23)24;2*1-8-5-10-11(6-15)12(14(18)19)17(9-3-2-4-9)13(10)16-7-8;13-9-4-11-8(5-14)7-16(10-2-1-3-10)12(11)15-6-9;1-6(9(11,12)13)5-17(15,16)7-2-3-8(10)14-4-7/h6-8,10-11,13-14,28H,3-5H2,1-2H3;2*5,7,9,18-19H,2-4H2,1H3;4,6-7,10H,1-3H2;2-4,6H,5H2,1H3/t13-;;;;6-/m0...1/s1. The third-order valence-corrected chi connectivity index (χ3v) is 22.7. The van der Waals surface area contributed by atoms with Crippen molar-refractivity contribution in [2.45, 2.75) is 164 Å². The Balaban J connectivity index is 0.000000142. The van der Waals surface area contributed by atoms with Gasteiger partial charge in [0.1, 0.15) is 63.0 Å². The average Bonchev–Trinajstić information content (AvgIpc) is 1.61. The SMILES string of the molecule is C[C@H](CS(=O)(=O)c1ccc(Cl)nc1)C(F)(F)F.Cc1cnc2c(c1)c(C#N)c(-c1ccc(S(=O)(=O)N[C@@H](C)C(F)(F)F)cn1)n2C1CCC1.Cc1cnc2c(c1)c(C#N)c(B(O)O)n2C1CCC1.Cc1cnc2c(c1)c(C#N)c(B(O)O)n2C1CCC1.N#Cc1cn(C2CCC2)c2ncc(Br)cc12. The molecule has 35 heteroatoms. The van der Waals surface area contributed by atoms with Gasteiger partial charge in [0.05, 0.1) is 61.4 Å². The second-order valence-electron chi connectivity index (χ2n) is 25.8. The Morgan fingerprint density at radius 1 is 0.563 bits per heavy atom. The molecule has 0 aliphatic heterocycles. The summed E-state index contributed by atoms with van der Waals surface area (Å²) < 4.78 is 133. The summed E-state index contributed by atoms with van der Waals surface area (Å²) in [6.45, 7) is 7.24. The van der Waals surface area contributed by atoms with Crippen molar-refractivity contribution < 1.29 is 63.3 Å². The quantitative estimate of drug-likeness (QED) is 0.0407. The molecule has 0 amide bonds. The zero-order valence-corrected chi connectivity index (χ0v) is 60.0. The number of sulfonamides is 1. The van der Waals surface area contributed by atoms with E-state index in [0.29, 0.717) is 67.2 Å². The van der Waals surface area contributed by atoms with Gasteiger partial charge >= 0.3 is 26.6 Å². The van der Waals surface area contributed by atoms with E-state index in [9.17, 15) is 79.1 Å². The Labute approximate surface area is 602 Å². The molecule has 103 heavy (non-hydrogen) atoms. The van der Waals surface area contributed by atoms with Gasteiger partial charge in [-0.05, 0) is 186 Å². The molecule has 5 N–H and O–H groups in total. The van der Waals surface area contributed by atoms with Gasteiger partial charge in [0.15, 0.2) is 9.84 Å². The van der Waals surface area contributed by atoms with E-state index in [1.54, 1.807) is 29.5 Å². The number of pyridine rings is 6. The summed E-state index contributed by atoms with van der Waals surface area (Å²) >= 11 is 8.85. The Morgan fingerprint density at radius 2 is 1.00 bits per heavy atom. The van der Waals surface area contributed by atoms with E-state index in [-0.39, 0.29) is 39.4 Å². The fourth-order valence-electron chi connectivity index (χ4n) is 12.3. The zero-order valence-electron chi connectivity index (χ0n) is 56.0. The van der Waals surface area contributed by atoms with Gasteiger partial charge in [0.25, 0.3) is 0 Å². The first-order chi connectivity index (χ1) is 48.7. The van der Waals surface area contributed by atoms with Crippen molar-refractivity contribution in [3.63, 3.8) is 0 Å². The van der Waals surface area contributed by atoms with Crippen LogP contribution in [0.5, 0.6) is 0 Å². The molecule has 4 fully saturated rings. The van der Waals surface area contributed by atoms with E-state index in [1.165, 1.54) is 37.5 Å². The lowest BCUT2D eigenvalue weighted by atomic mass is 9.81. The van der Waals surface area contributed by atoms with Crippen LogP contribution in [0.25, 0.3) is 55.5 Å². The van der Waals surface area contributed by atoms with Crippen LogP contribution in [0.3, 0.4) is 0 Å². The lowest BCUT2D eigenvalue weighted by molar-refractivity contribution is -0.163. The molecule has 10 heterocycles. The minimum atomic E-state index is -4.71. The number of aryl methyl sites for hydroxylation is 3. The molecule has 0 aromatic carbocycles. The number of fused-ring (bicyclic) bond motifs is 4. The second-order valence-corrected chi connectivity index (χ2v) is 30.9. The summed E-state index contributed by atoms with van der Waals surface area (Å²) in [4.78, 5) is 24.8. The van der Waals surface area contributed by atoms with Crippen LogP contribution in [0.1, 0.15) is 154 Å². The first-order valence-electron chi connectivity index (χ1n) is 32.7. The lowest BCUT2D eigenvalue weighted by Crippen LogP contribution is -2.42. The predicted molar refractivity (Wildman–Crippen MR) is 376 cm³/mol. The van der Waals surface area contributed by atoms with Crippen LogP contribution < -0.4 is 15.9 Å². The van der Waals surface area contributed by atoms with E-state index < -0.39 is 69.1 Å². The topological polar surface area (TPSA) is 353 Å². The van der Waals surface area contributed by atoms with Gasteiger partial charge in [0, 0.05) is 93.6 Å². The van der Waals surface area contributed by atoms with Gasteiger partial charge in [-0.2, -0.15) is 52.1 Å². The number of sulfone groups is 1. The number of hydrogen-bond donors (Lipinski definition) is 5. The molecule has 4 aliphatic carbocycles. The average molecular weight is 1540 g/mol. The van der Waals surface area contributed by atoms with Crippen LogP contribution in [-0.2, 0) is 19.9 Å². The summed E-state index contributed by atoms with van der Waals surface area (Å²) in [5.41, 5.74) is 8.94. The van der Waals surface area contributed by atoms with Gasteiger partial charge in [-0.25, -0.2) is 41.8 Å². The van der Waals surface area contributed by atoms with Crippen molar-refractivity contribution in [3.8, 4) is 35.7 Å². The fraction of sp³-hybridized carbons (Fsp3) is 0.382. The highest BCUT2D eigenvalue weighted by molar-refractivity contribution is 9.10. The van der Waals surface area contributed by atoms with Crippen molar-refractivity contribution in [1.29, 1.82) is 21.0 Å². The normalized spacial score (nSPS) is 15.5. The molecule has 10 aromatic rings. The number of aromatic nitrogens is 10. The summed E-state index contributed by atoms with van der Waals surface area (Å²) in [5.74, 6) is -2.93. The highest BCUT2D eigenvalue weighted by Gasteiger charge is 2.41. The lowest BCUT2D eigenvalue weighted by Gasteiger charge is -2.29. The Hall–Kier alpha value is -8.80. The summed E-state index contributed by atoms with van der Waals surface area (Å²) in [6.07, 6.45) is 14.4. The molecule has 0 spiro atoms. The van der Waals surface area contributed by atoms with E-state index >= 15 is 0 Å². The largest absolute Gasteiger partial charge is 0.507 e. The molecule has 10 aromatic heterocycles. The maximum atomic E-state index is 12.8. The molecule has 0 radical (unpaired) electrons. The van der Waals surface area contributed by atoms with Crippen LogP contribution in [-0.4, -0.2) is 123 Å². The van der Waals surface area contributed by atoms with Gasteiger partial charge in [-0.1, -0.05) is 18.5 Å². The molecule has 2 atom stereocenters. The van der Waals surface area contributed by atoms with Gasteiger partial charge in [-0.15, -0.1) is 0 Å². The molecule has 4 saturated carbocycles. The number of halogens is 8. The van der Waals surface area contributed by atoms with E-state index in [1.807, 2.05) is 64.9 Å². The molecule has 0 bridgehead atoms. The van der Waals surface area contributed by atoms with E-state index in [0.717, 1.165) is 128 Å². The van der Waals surface area contributed by atoms with Crippen molar-refractivity contribution in [3.05, 3.63) is 140 Å². The highest BCUT2D eigenvalue weighted by atomic mass is 79.9. The number of rotatable bonds is 13. The first-order valence-corrected chi connectivity index (χ1v) is 37.0. The zero-order chi connectivity index (χ0) is 74.8. The molecule has 0 unspecified atom stereocenters. The van der Waals surface area contributed by atoms with Crippen molar-refractivity contribution in [2.24, 2.45) is 5.92 Å². The molecule has 23 nitrogen and oxygen atoms in total. The summed E-state index contributed by atoms with van der Waals surface area (Å²) in [5, 5.41) is 79.2. The third kappa shape index (κ3) is 16.4. The molecule has 14 rings (SSSR count). The Bertz CT molecular complexity index is 5130.